The van der Waals surface area contributed by atoms with Gasteiger partial charge >= 0.3 is 5.97 Å². The molecule has 10 heteroatoms. The molecule has 3 rings (SSSR count). The molecule has 1 aliphatic heterocycles. The molecule has 1 amide bonds. The van der Waals surface area contributed by atoms with E-state index in [9.17, 15) is 26.8 Å². The first-order valence-corrected chi connectivity index (χ1v) is 11.6. The number of piperidine rings is 1. The molecule has 0 saturated carbocycles. The largest absolute Gasteiger partial charge is 0.455 e. The Morgan fingerprint density at radius 2 is 1.78 bits per heavy atom. The topological polar surface area (TPSA) is 92.8 Å². The van der Waals surface area contributed by atoms with Gasteiger partial charge in [-0.1, -0.05) is 30.3 Å². The summed E-state index contributed by atoms with van der Waals surface area (Å²) in [5.41, 5.74) is 0.912. The van der Waals surface area contributed by atoms with Crippen LogP contribution in [0.2, 0.25) is 0 Å². The molecule has 2 aromatic carbocycles. The minimum atomic E-state index is -4.23. The second-order valence-electron chi connectivity index (χ2n) is 7.56. The molecule has 172 valence electrons. The van der Waals surface area contributed by atoms with E-state index in [1.165, 1.54) is 0 Å². The number of hydrogen-bond acceptors (Lipinski definition) is 5. The van der Waals surface area contributed by atoms with Gasteiger partial charge in [0.25, 0.3) is 5.91 Å². The fraction of sp³-hybridized carbons (Fsp3) is 0.364. The lowest BCUT2D eigenvalue weighted by molar-refractivity contribution is -0.153. The van der Waals surface area contributed by atoms with E-state index in [1.807, 2.05) is 37.3 Å². The number of nitrogens with zero attached hydrogens (tertiary/aromatic N) is 1. The maximum Gasteiger partial charge on any atom is 0.309 e. The molecule has 1 atom stereocenters. The summed E-state index contributed by atoms with van der Waals surface area (Å²) in [6.45, 7) is 1.28. The zero-order valence-electron chi connectivity index (χ0n) is 17.5. The third-order valence-electron chi connectivity index (χ3n) is 5.32. The average Bonchev–Trinajstić information content (AvgIpc) is 2.79. The minimum absolute atomic E-state index is 0.0463. The Morgan fingerprint density at radius 3 is 2.44 bits per heavy atom. The van der Waals surface area contributed by atoms with E-state index in [1.54, 1.807) is 0 Å². The van der Waals surface area contributed by atoms with Gasteiger partial charge in [0, 0.05) is 13.1 Å². The SMILES string of the molecule is CC(NC(=O)COC(=O)C1CCN(S(=O)(=O)c2cc(F)ccc2F)CC1)c1ccccc1. The first-order chi connectivity index (χ1) is 15.2. The molecule has 0 radical (unpaired) electrons. The van der Waals surface area contributed by atoms with Crippen molar-refractivity contribution in [1.82, 2.24) is 9.62 Å². The first kappa shape index (κ1) is 23.8. The number of halogens is 2. The normalized spacial score (nSPS) is 16.3. The van der Waals surface area contributed by atoms with Crippen LogP contribution >= 0.6 is 0 Å². The van der Waals surface area contributed by atoms with Crippen molar-refractivity contribution in [2.24, 2.45) is 5.92 Å². The molecule has 0 bridgehead atoms. The molecule has 1 unspecified atom stereocenters. The number of amides is 1. The summed E-state index contributed by atoms with van der Waals surface area (Å²) in [6, 6.07) is 11.3. The number of nitrogens with one attached hydrogen (secondary N) is 1. The quantitative estimate of drug-likeness (QED) is 0.634. The number of carbonyl (C=O) groups excluding carboxylic acids is 2. The summed E-state index contributed by atoms with van der Waals surface area (Å²) in [4.78, 5) is 23.6. The Hall–Kier alpha value is -2.85. The second-order valence-corrected chi connectivity index (χ2v) is 9.47. The number of benzene rings is 2. The third-order valence-corrected chi connectivity index (χ3v) is 7.23. The molecule has 0 aliphatic carbocycles. The van der Waals surface area contributed by atoms with Crippen LogP contribution in [0.3, 0.4) is 0 Å². The molecule has 1 heterocycles. The van der Waals surface area contributed by atoms with Gasteiger partial charge in [0.15, 0.2) is 6.61 Å². The number of hydrogen-bond donors (Lipinski definition) is 1. The van der Waals surface area contributed by atoms with Crippen molar-refractivity contribution in [2.45, 2.75) is 30.7 Å². The van der Waals surface area contributed by atoms with Crippen molar-refractivity contribution in [3.63, 3.8) is 0 Å². The summed E-state index contributed by atoms with van der Waals surface area (Å²) < 4.78 is 58.7. The van der Waals surface area contributed by atoms with Crippen molar-refractivity contribution in [2.75, 3.05) is 19.7 Å². The number of carbonyl (C=O) groups is 2. The van der Waals surface area contributed by atoms with Crippen LogP contribution in [0.15, 0.2) is 53.4 Å². The highest BCUT2D eigenvalue weighted by molar-refractivity contribution is 7.89. The lowest BCUT2D eigenvalue weighted by Gasteiger charge is -2.30. The summed E-state index contributed by atoms with van der Waals surface area (Å²) in [5.74, 6) is -3.53. The van der Waals surface area contributed by atoms with Gasteiger partial charge < -0.3 is 10.1 Å². The van der Waals surface area contributed by atoms with Crippen LogP contribution in [0.1, 0.15) is 31.4 Å². The van der Waals surface area contributed by atoms with Gasteiger partial charge in [0.2, 0.25) is 10.0 Å². The molecule has 2 aromatic rings. The molecular weight excluding hydrogens is 442 g/mol. The van der Waals surface area contributed by atoms with Crippen LogP contribution in [0, 0.1) is 17.6 Å². The predicted octanol–water partition coefficient (Wildman–Crippen LogP) is 2.79. The zero-order valence-corrected chi connectivity index (χ0v) is 18.3. The van der Waals surface area contributed by atoms with Gasteiger partial charge in [-0.15, -0.1) is 0 Å². The van der Waals surface area contributed by atoms with Gasteiger partial charge in [-0.05, 0) is 43.5 Å². The van der Waals surface area contributed by atoms with Crippen LogP contribution < -0.4 is 5.32 Å². The highest BCUT2D eigenvalue weighted by Crippen LogP contribution is 2.26. The summed E-state index contributed by atoms with van der Waals surface area (Å²) >= 11 is 0. The number of ether oxygens (including phenoxy) is 1. The van der Waals surface area contributed by atoms with Crippen LogP contribution in [0.5, 0.6) is 0 Å². The first-order valence-electron chi connectivity index (χ1n) is 10.1. The monoisotopic (exact) mass is 466 g/mol. The van der Waals surface area contributed by atoms with Crippen molar-refractivity contribution in [3.8, 4) is 0 Å². The lowest BCUT2D eigenvalue weighted by atomic mass is 9.98. The highest BCUT2D eigenvalue weighted by Gasteiger charge is 2.34. The maximum absolute atomic E-state index is 13.9. The zero-order chi connectivity index (χ0) is 23.3. The minimum Gasteiger partial charge on any atom is -0.455 e. The Labute approximate surface area is 185 Å². The molecule has 1 aliphatic rings. The van der Waals surface area contributed by atoms with E-state index in [0.29, 0.717) is 6.07 Å². The number of sulfonamides is 1. The fourth-order valence-corrected chi connectivity index (χ4v) is 5.05. The average molecular weight is 467 g/mol. The molecule has 1 fully saturated rings. The van der Waals surface area contributed by atoms with Gasteiger partial charge in [0.05, 0.1) is 12.0 Å². The maximum atomic E-state index is 13.9. The van der Waals surface area contributed by atoms with Crippen LogP contribution in [0.4, 0.5) is 8.78 Å². The van der Waals surface area contributed by atoms with Crippen LogP contribution in [-0.4, -0.2) is 44.3 Å². The van der Waals surface area contributed by atoms with Crippen molar-refractivity contribution in [3.05, 3.63) is 65.7 Å². The van der Waals surface area contributed by atoms with Crippen LogP contribution in [-0.2, 0) is 24.3 Å². The molecule has 7 nitrogen and oxygen atoms in total. The van der Waals surface area contributed by atoms with E-state index in [4.69, 9.17) is 4.74 Å². The Morgan fingerprint density at radius 1 is 1.12 bits per heavy atom. The number of esters is 1. The lowest BCUT2D eigenvalue weighted by Crippen LogP contribution is -2.41. The molecule has 32 heavy (non-hydrogen) atoms. The smallest absolute Gasteiger partial charge is 0.309 e. The summed E-state index contributed by atoms with van der Waals surface area (Å²) in [6.07, 6.45) is 0.300. The van der Waals surface area contributed by atoms with E-state index >= 15 is 0 Å². The predicted molar refractivity (Wildman–Crippen MR) is 112 cm³/mol. The standard InChI is InChI=1S/C22H24F2N2O5S/c1-15(16-5-3-2-4-6-16)25-21(27)14-31-22(28)17-9-11-26(12-10-17)32(29,30)20-13-18(23)7-8-19(20)24/h2-8,13,15,17H,9-12,14H2,1H3,(H,25,27). The van der Waals surface area contributed by atoms with Gasteiger partial charge in [0.1, 0.15) is 16.5 Å². The fourth-order valence-electron chi connectivity index (χ4n) is 3.51. The molecule has 1 saturated heterocycles. The Bertz CT molecular complexity index is 1070. The van der Waals surface area contributed by atoms with Crippen molar-refractivity contribution in [1.29, 1.82) is 0 Å². The van der Waals surface area contributed by atoms with E-state index < -0.39 is 51.0 Å². The Balaban J connectivity index is 1.49. The number of rotatable bonds is 7. The Kier molecular flexibility index (Phi) is 7.57. The van der Waals surface area contributed by atoms with Crippen molar-refractivity contribution < 1.29 is 31.5 Å². The third kappa shape index (κ3) is 5.68. The molecular formula is C22H24F2N2O5S. The van der Waals surface area contributed by atoms with E-state index in [2.05, 4.69) is 5.32 Å². The van der Waals surface area contributed by atoms with E-state index in [-0.39, 0.29) is 32.0 Å². The van der Waals surface area contributed by atoms with Gasteiger partial charge in [-0.2, -0.15) is 4.31 Å². The van der Waals surface area contributed by atoms with Gasteiger partial charge in [-0.3, -0.25) is 9.59 Å². The van der Waals surface area contributed by atoms with E-state index in [0.717, 1.165) is 22.0 Å². The second kappa shape index (κ2) is 10.2. The summed E-state index contributed by atoms with van der Waals surface area (Å²) in [5, 5.41) is 2.74. The molecule has 1 N–H and O–H groups in total. The van der Waals surface area contributed by atoms with Crippen LogP contribution in [0.25, 0.3) is 0 Å². The molecule has 0 spiro atoms. The molecule has 0 aromatic heterocycles. The van der Waals surface area contributed by atoms with Gasteiger partial charge in [-0.25, -0.2) is 17.2 Å². The highest BCUT2D eigenvalue weighted by atomic mass is 32.2. The van der Waals surface area contributed by atoms with Crippen molar-refractivity contribution >= 4 is 21.9 Å². The summed E-state index contributed by atoms with van der Waals surface area (Å²) in [7, 11) is -4.23.